The van der Waals surface area contributed by atoms with Crippen LogP contribution < -0.4 is 10.2 Å². The molecule has 126 valence electrons. The molecule has 4 heteroatoms. The van der Waals surface area contributed by atoms with E-state index in [1.54, 1.807) is 0 Å². The molecule has 0 heterocycles. The van der Waals surface area contributed by atoms with Crippen LogP contribution >= 0.6 is 15.9 Å². The summed E-state index contributed by atoms with van der Waals surface area (Å²) in [5, 5.41) is 3.02. The number of quaternary nitrogens is 1. The van der Waals surface area contributed by atoms with Crippen molar-refractivity contribution in [2.75, 3.05) is 18.9 Å². The van der Waals surface area contributed by atoms with E-state index >= 15 is 0 Å². The first-order chi connectivity index (χ1) is 11.5. The maximum atomic E-state index is 12.5. The van der Waals surface area contributed by atoms with Gasteiger partial charge in [0, 0.05) is 16.5 Å². The van der Waals surface area contributed by atoms with Gasteiger partial charge in [0.2, 0.25) is 0 Å². The number of likely N-dealkylation sites (N-methyl/N-ethyl adjacent to an activating group) is 1. The number of anilines is 1. The van der Waals surface area contributed by atoms with Crippen LogP contribution in [0.25, 0.3) is 0 Å². The van der Waals surface area contributed by atoms with Crippen molar-refractivity contribution in [1.29, 1.82) is 0 Å². The number of halogens is 1. The lowest BCUT2D eigenvalue weighted by atomic mass is 9.87. The van der Waals surface area contributed by atoms with Gasteiger partial charge in [0.25, 0.3) is 5.91 Å². The molecular weight excluding hydrogens is 364 g/mol. The van der Waals surface area contributed by atoms with Crippen LogP contribution in [-0.4, -0.2) is 19.5 Å². The Morgan fingerprint density at radius 3 is 2.88 bits per heavy atom. The zero-order chi connectivity index (χ0) is 17.1. The van der Waals surface area contributed by atoms with Crippen molar-refractivity contribution < 1.29 is 9.69 Å². The molecule has 2 aromatic rings. The van der Waals surface area contributed by atoms with Crippen LogP contribution in [0.2, 0.25) is 0 Å². The molecule has 3 rings (SSSR count). The van der Waals surface area contributed by atoms with Gasteiger partial charge in [0.05, 0.1) is 12.7 Å². The number of rotatable bonds is 4. The van der Waals surface area contributed by atoms with Gasteiger partial charge in [-0.1, -0.05) is 30.3 Å². The van der Waals surface area contributed by atoms with Gasteiger partial charge in [-0.05, 0) is 59.0 Å². The first-order valence-electron chi connectivity index (χ1n) is 8.50. The van der Waals surface area contributed by atoms with Crippen molar-refractivity contribution in [2.45, 2.75) is 32.2 Å². The lowest BCUT2D eigenvalue weighted by molar-refractivity contribution is -0.905. The molecule has 2 N–H and O–H groups in total. The van der Waals surface area contributed by atoms with Crippen molar-refractivity contribution in [3.05, 3.63) is 63.6 Å². The Kier molecular flexibility index (Phi) is 5.36. The number of nitrogens with one attached hydrogen (secondary N) is 2. The van der Waals surface area contributed by atoms with Gasteiger partial charge in [0.15, 0.2) is 6.54 Å². The molecule has 0 aromatic heterocycles. The first-order valence-corrected chi connectivity index (χ1v) is 9.30. The predicted molar refractivity (Wildman–Crippen MR) is 101 cm³/mol. The van der Waals surface area contributed by atoms with Crippen molar-refractivity contribution >= 4 is 27.5 Å². The van der Waals surface area contributed by atoms with Crippen LogP contribution in [-0.2, 0) is 11.2 Å². The highest BCUT2D eigenvalue weighted by molar-refractivity contribution is 9.10. The summed E-state index contributed by atoms with van der Waals surface area (Å²) in [7, 11) is 2.12. The van der Waals surface area contributed by atoms with Crippen molar-refractivity contribution in [1.82, 2.24) is 0 Å². The highest BCUT2D eigenvalue weighted by Crippen LogP contribution is 2.27. The lowest BCUT2D eigenvalue weighted by Gasteiger charge is -2.30. The lowest BCUT2D eigenvalue weighted by Crippen LogP contribution is -3.10. The number of benzene rings is 2. The van der Waals surface area contributed by atoms with Crippen LogP contribution in [0.3, 0.4) is 0 Å². The van der Waals surface area contributed by atoms with E-state index < -0.39 is 0 Å². The summed E-state index contributed by atoms with van der Waals surface area (Å²) in [6.45, 7) is 2.51. The minimum Gasteiger partial charge on any atom is -0.323 e. The first kappa shape index (κ1) is 17.2. The Morgan fingerprint density at radius 2 is 2.08 bits per heavy atom. The van der Waals surface area contributed by atoms with E-state index in [1.807, 2.05) is 25.1 Å². The average molecular weight is 388 g/mol. The zero-order valence-electron chi connectivity index (χ0n) is 14.2. The molecule has 0 radical (unpaired) electrons. The van der Waals surface area contributed by atoms with Gasteiger partial charge in [-0.3, -0.25) is 4.79 Å². The van der Waals surface area contributed by atoms with E-state index in [1.165, 1.54) is 28.0 Å². The Hall–Kier alpha value is -1.65. The quantitative estimate of drug-likeness (QED) is 0.828. The fourth-order valence-corrected chi connectivity index (χ4v) is 4.15. The summed E-state index contributed by atoms with van der Waals surface area (Å²) in [4.78, 5) is 13.7. The van der Waals surface area contributed by atoms with Gasteiger partial charge in [-0.25, -0.2) is 0 Å². The number of hydrogen-bond donors (Lipinski definition) is 2. The van der Waals surface area contributed by atoms with E-state index in [9.17, 15) is 4.79 Å². The monoisotopic (exact) mass is 387 g/mol. The molecule has 0 spiro atoms. The molecule has 2 atom stereocenters. The standard InChI is InChI=1S/C20H23BrN2O/c1-14-10-11-18(17(21)12-14)22-20(24)13-23(2)19-9-5-7-15-6-3-4-8-16(15)19/h3-4,6,8,10-12,19H,5,7,9,13H2,1-2H3,(H,22,24)/p+1/t19-/m0/s1. The third kappa shape index (κ3) is 3.87. The Bertz CT molecular complexity index is 744. The summed E-state index contributed by atoms with van der Waals surface area (Å²) < 4.78 is 0.927. The highest BCUT2D eigenvalue weighted by atomic mass is 79.9. The van der Waals surface area contributed by atoms with Crippen molar-refractivity contribution in [2.24, 2.45) is 0 Å². The normalized spacial score (nSPS) is 17.9. The minimum absolute atomic E-state index is 0.0557. The topological polar surface area (TPSA) is 33.5 Å². The summed E-state index contributed by atoms with van der Waals surface area (Å²) >= 11 is 3.52. The van der Waals surface area contributed by atoms with Crippen molar-refractivity contribution in [3.8, 4) is 0 Å². The largest absolute Gasteiger partial charge is 0.323 e. The maximum Gasteiger partial charge on any atom is 0.279 e. The molecule has 1 amide bonds. The molecule has 0 bridgehead atoms. The van der Waals surface area contributed by atoms with Crippen LogP contribution in [0.1, 0.15) is 35.6 Å². The van der Waals surface area contributed by atoms with Gasteiger partial charge >= 0.3 is 0 Å². The third-order valence-corrected chi connectivity index (χ3v) is 5.46. The fraction of sp³-hybridized carbons (Fsp3) is 0.350. The maximum absolute atomic E-state index is 12.5. The van der Waals surface area contributed by atoms with Crippen molar-refractivity contribution in [3.63, 3.8) is 0 Å². The molecule has 3 nitrogen and oxygen atoms in total. The second-order valence-electron chi connectivity index (χ2n) is 6.70. The van der Waals surface area contributed by atoms with Crippen LogP contribution in [0, 0.1) is 6.92 Å². The Balaban J connectivity index is 1.67. The molecule has 1 aliphatic rings. The van der Waals surface area contributed by atoms with Gasteiger partial charge in [0.1, 0.15) is 6.04 Å². The molecule has 24 heavy (non-hydrogen) atoms. The smallest absolute Gasteiger partial charge is 0.279 e. The van der Waals surface area contributed by atoms with Gasteiger partial charge < -0.3 is 10.2 Å². The summed E-state index contributed by atoms with van der Waals surface area (Å²) in [6, 6.07) is 15.0. The van der Waals surface area contributed by atoms with E-state index in [0.29, 0.717) is 12.6 Å². The van der Waals surface area contributed by atoms with E-state index in [4.69, 9.17) is 0 Å². The second-order valence-corrected chi connectivity index (χ2v) is 7.55. The number of carbonyl (C=O) groups excluding carboxylic acids is 1. The van der Waals surface area contributed by atoms with E-state index in [0.717, 1.165) is 23.0 Å². The van der Waals surface area contributed by atoms with Crippen LogP contribution in [0.4, 0.5) is 5.69 Å². The average Bonchev–Trinajstić information content (AvgIpc) is 2.57. The van der Waals surface area contributed by atoms with E-state index in [2.05, 4.69) is 52.6 Å². The zero-order valence-corrected chi connectivity index (χ0v) is 15.8. The number of aryl methyl sites for hydroxylation is 2. The minimum atomic E-state index is 0.0557. The van der Waals surface area contributed by atoms with E-state index in [-0.39, 0.29) is 5.91 Å². The molecular formula is C20H24BrN2O+. The third-order valence-electron chi connectivity index (χ3n) is 4.80. The number of amides is 1. The van der Waals surface area contributed by atoms with Gasteiger partial charge in [-0.15, -0.1) is 0 Å². The van der Waals surface area contributed by atoms with Crippen LogP contribution in [0.5, 0.6) is 0 Å². The predicted octanol–water partition coefficient (Wildman–Crippen LogP) is 3.29. The number of hydrogen-bond acceptors (Lipinski definition) is 1. The molecule has 0 saturated carbocycles. The highest BCUT2D eigenvalue weighted by Gasteiger charge is 2.28. The molecule has 0 fully saturated rings. The Morgan fingerprint density at radius 1 is 1.29 bits per heavy atom. The molecule has 0 aliphatic heterocycles. The Labute approximate surface area is 152 Å². The molecule has 1 aliphatic carbocycles. The second kappa shape index (κ2) is 7.49. The molecule has 0 saturated heterocycles. The number of fused-ring (bicyclic) bond motifs is 1. The fourth-order valence-electron chi connectivity index (χ4n) is 3.56. The summed E-state index contributed by atoms with van der Waals surface area (Å²) in [5.41, 5.74) is 4.85. The SMILES string of the molecule is Cc1ccc(NC(=O)C[NH+](C)[C@H]2CCCc3ccccc32)c(Br)c1. The number of carbonyl (C=O) groups is 1. The van der Waals surface area contributed by atoms with Crippen LogP contribution in [0.15, 0.2) is 46.9 Å². The molecule has 2 aromatic carbocycles. The molecule has 1 unspecified atom stereocenters. The summed E-state index contributed by atoms with van der Waals surface area (Å²) in [5.74, 6) is 0.0557. The van der Waals surface area contributed by atoms with Gasteiger partial charge in [-0.2, -0.15) is 0 Å². The summed E-state index contributed by atoms with van der Waals surface area (Å²) in [6.07, 6.45) is 3.50.